The number of likely N-dealkylation sites (tertiary alicyclic amines) is 2. The molecule has 1 atom stereocenters. The summed E-state index contributed by atoms with van der Waals surface area (Å²) in [5.74, 6) is 0.182. The zero-order valence-corrected chi connectivity index (χ0v) is 13.0. The van der Waals surface area contributed by atoms with E-state index in [0.29, 0.717) is 32.6 Å². The Morgan fingerprint density at radius 2 is 1.80 bits per heavy atom. The highest BCUT2D eigenvalue weighted by atomic mass is 16.3. The molecule has 2 fully saturated rings. The van der Waals surface area contributed by atoms with E-state index in [9.17, 15) is 9.90 Å². The lowest BCUT2D eigenvalue weighted by Gasteiger charge is -2.27. The van der Waals surface area contributed by atoms with E-state index in [1.807, 2.05) is 23.9 Å². The highest BCUT2D eigenvalue weighted by molar-refractivity contribution is 5.78. The Kier molecular flexibility index (Phi) is 5.41. The Morgan fingerprint density at radius 3 is 2.40 bits per heavy atom. The summed E-state index contributed by atoms with van der Waals surface area (Å²) in [6, 6.07) is 0. The first-order chi connectivity index (χ1) is 9.48. The molecule has 2 rings (SSSR count). The van der Waals surface area contributed by atoms with Crippen LogP contribution in [0.4, 0.5) is 0 Å². The van der Waals surface area contributed by atoms with E-state index in [0.717, 1.165) is 13.1 Å². The Labute approximate surface area is 122 Å². The van der Waals surface area contributed by atoms with Gasteiger partial charge in [-0.25, -0.2) is 0 Å². The van der Waals surface area contributed by atoms with E-state index in [1.54, 1.807) is 0 Å². The number of carbonyl (C=O) groups excluding carboxylic acids is 1. The molecule has 2 aliphatic heterocycles. The van der Waals surface area contributed by atoms with E-state index in [-0.39, 0.29) is 5.91 Å². The van der Waals surface area contributed by atoms with Gasteiger partial charge in [-0.2, -0.15) is 0 Å². The minimum atomic E-state index is -0.724. The molecule has 116 valence electrons. The fourth-order valence-electron chi connectivity index (χ4n) is 3.37. The van der Waals surface area contributed by atoms with Crippen LogP contribution < -0.4 is 0 Å². The maximum atomic E-state index is 12.4. The van der Waals surface area contributed by atoms with E-state index >= 15 is 0 Å². The van der Waals surface area contributed by atoms with Crippen LogP contribution >= 0.6 is 0 Å². The van der Waals surface area contributed by atoms with Gasteiger partial charge >= 0.3 is 0 Å². The van der Waals surface area contributed by atoms with Crippen molar-refractivity contribution in [3.05, 3.63) is 0 Å². The van der Waals surface area contributed by atoms with Gasteiger partial charge in [-0.05, 0) is 46.4 Å². The van der Waals surface area contributed by atoms with Crippen LogP contribution in [0.25, 0.3) is 0 Å². The van der Waals surface area contributed by atoms with Crippen molar-refractivity contribution < 1.29 is 9.90 Å². The topological polar surface area (TPSA) is 47.0 Å². The molecule has 0 aliphatic carbocycles. The van der Waals surface area contributed by atoms with Crippen molar-refractivity contribution in [3.8, 4) is 0 Å². The van der Waals surface area contributed by atoms with E-state index in [4.69, 9.17) is 0 Å². The van der Waals surface area contributed by atoms with Crippen molar-refractivity contribution in [2.45, 2.75) is 37.7 Å². The highest BCUT2D eigenvalue weighted by Crippen LogP contribution is 2.22. The zero-order chi connectivity index (χ0) is 14.6. The predicted molar refractivity (Wildman–Crippen MR) is 79.6 cm³/mol. The molecule has 0 bridgehead atoms. The van der Waals surface area contributed by atoms with Crippen molar-refractivity contribution in [1.29, 1.82) is 0 Å². The van der Waals surface area contributed by atoms with Gasteiger partial charge in [-0.3, -0.25) is 9.69 Å². The number of β-amino-alcohol motifs (C(OH)–C–C–N with tert-alkyl or cyclic N) is 1. The summed E-state index contributed by atoms with van der Waals surface area (Å²) in [6.45, 7) is 4.41. The van der Waals surface area contributed by atoms with Gasteiger partial charge in [-0.1, -0.05) is 12.8 Å². The number of hydrogen-bond donors (Lipinski definition) is 1. The average molecular weight is 283 g/mol. The largest absolute Gasteiger partial charge is 0.387 e. The first-order valence-electron chi connectivity index (χ1n) is 7.86. The number of carbonyl (C=O) groups is 1. The van der Waals surface area contributed by atoms with Gasteiger partial charge in [0.15, 0.2) is 0 Å². The number of amides is 1. The molecule has 0 radical (unpaired) electrons. The summed E-state index contributed by atoms with van der Waals surface area (Å²) in [7, 11) is 3.92. The van der Waals surface area contributed by atoms with Crippen LogP contribution in [0.1, 0.15) is 32.1 Å². The fourth-order valence-corrected chi connectivity index (χ4v) is 3.37. The molecule has 1 N–H and O–H groups in total. The van der Waals surface area contributed by atoms with E-state index in [2.05, 4.69) is 4.90 Å². The van der Waals surface area contributed by atoms with Gasteiger partial charge in [0.25, 0.3) is 0 Å². The number of rotatable bonds is 4. The summed E-state index contributed by atoms with van der Waals surface area (Å²) >= 11 is 0. The minimum absolute atomic E-state index is 0.182. The number of nitrogens with zero attached hydrogens (tertiary/aromatic N) is 3. The molecule has 5 heteroatoms. The molecule has 0 saturated carbocycles. The first-order valence-corrected chi connectivity index (χ1v) is 7.86. The van der Waals surface area contributed by atoms with Crippen LogP contribution in [0, 0.1) is 0 Å². The van der Waals surface area contributed by atoms with Crippen LogP contribution in [0.15, 0.2) is 0 Å². The Hall–Kier alpha value is -0.650. The van der Waals surface area contributed by atoms with Crippen LogP contribution in [0.3, 0.4) is 0 Å². The number of likely N-dealkylation sites (N-methyl/N-ethyl adjacent to an activating group) is 1. The molecule has 0 aromatic carbocycles. The highest BCUT2D eigenvalue weighted by Gasteiger charge is 2.38. The molecular formula is C15H29N3O2. The zero-order valence-electron chi connectivity index (χ0n) is 13.0. The molecule has 0 aromatic rings. The Balaban J connectivity index is 1.81. The number of hydrogen-bond acceptors (Lipinski definition) is 4. The molecule has 0 spiro atoms. The lowest BCUT2D eigenvalue weighted by Crippen LogP contribution is -2.45. The van der Waals surface area contributed by atoms with Crippen molar-refractivity contribution >= 4 is 5.91 Å². The lowest BCUT2D eigenvalue weighted by molar-refractivity contribution is -0.132. The van der Waals surface area contributed by atoms with Gasteiger partial charge in [0.2, 0.25) is 5.91 Å². The van der Waals surface area contributed by atoms with E-state index in [1.165, 1.54) is 25.7 Å². The SMILES string of the molecule is CN(C)C[C@@]1(O)CCN(C(=O)CN2CCCCCC2)C1. The van der Waals surface area contributed by atoms with Gasteiger partial charge in [0, 0.05) is 13.1 Å². The smallest absolute Gasteiger partial charge is 0.236 e. The standard InChI is InChI=1S/C15H29N3O2/c1-16(2)12-15(20)7-10-18(13-15)14(19)11-17-8-5-3-4-6-9-17/h20H,3-13H2,1-2H3/t15-/m0/s1. The van der Waals surface area contributed by atoms with Crippen LogP contribution in [-0.2, 0) is 4.79 Å². The maximum Gasteiger partial charge on any atom is 0.236 e. The molecule has 0 unspecified atom stereocenters. The molecule has 2 saturated heterocycles. The van der Waals surface area contributed by atoms with Crippen molar-refractivity contribution in [1.82, 2.24) is 14.7 Å². The second-order valence-electron chi connectivity index (χ2n) is 6.72. The van der Waals surface area contributed by atoms with Gasteiger partial charge in [0.1, 0.15) is 0 Å². The van der Waals surface area contributed by atoms with Gasteiger partial charge in [-0.15, -0.1) is 0 Å². The maximum absolute atomic E-state index is 12.4. The molecule has 5 nitrogen and oxygen atoms in total. The summed E-state index contributed by atoms with van der Waals surface area (Å²) in [4.78, 5) is 18.5. The Morgan fingerprint density at radius 1 is 1.15 bits per heavy atom. The third-order valence-electron chi connectivity index (χ3n) is 4.35. The molecule has 2 aliphatic rings. The van der Waals surface area contributed by atoms with Gasteiger partial charge in [0.05, 0.1) is 18.7 Å². The second-order valence-corrected chi connectivity index (χ2v) is 6.72. The lowest BCUT2D eigenvalue weighted by atomic mass is 10.0. The van der Waals surface area contributed by atoms with Crippen molar-refractivity contribution in [2.24, 2.45) is 0 Å². The normalized spacial score (nSPS) is 28.9. The molecule has 1 amide bonds. The van der Waals surface area contributed by atoms with Crippen LogP contribution in [0.5, 0.6) is 0 Å². The summed E-state index contributed by atoms with van der Waals surface area (Å²) in [5.41, 5.74) is -0.724. The Bertz CT molecular complexity index is 327. The quantitative estimate of drug-likeness (QED) is 0.811. The number of aliphatic hydroxyl groups is 1. The predicted octanol–water partition coefficient (Wildman–Crippen LogP) is 0.387. The van der Waals surface area contributed by atoms with Crippen LogP contribution in [0.2, 0.25) is 0 Å². The third-order valence-corrected chi connectivity index (χ3v) is 4.35. The summed E-state index contributed by atoms with van der Waals surface area (Å²) in [6.07, 6.45) is 5.68. The first kappa shape index (κ1) is 15.7. The fraction of sp³-hybridized carbons (Fsp3) is 0.933. The molecular weight excluding hydrogens is 254 g/mol. The molecule has 0 aromatic heterocycles. The van der Waals surface area contributed by atoms with Gasteiger partial charge < -0.3 is 14.9 Å². The third kappa shape index (κ3) is 4.43. The van der Waals surface area contributed by atoms with Crippen molar-refractivity contribution in [2.75, 3.05) is 53.4 Å². The van der Waals surface area contributed by atoms with Crippen molar-refractivity contribution in [3.63, 3.8) is 0 Å². The van der Waals surface area contributed by atoms with E-state index < -0.39 is 5.60 Å². The monoisotopic (exact) mass is 283 g/mol. The molecule has 2 heterocycles. The second kappa shape index (κ2) is 6.87. The summed E-state index contributed by atoms with van der Waals surface area (Å²) < 4.78 is 0. The molecule has 20 heavy (non-hydrogen) atoms. The summed E-state index contributed by atoms with van der Waals surface area (Å²) in [5, 5.41) is 10.5. The average Bonchev–Trinajstić information content (AvgIpc) is 2.59. The van der Waals surface area contributed by atoms with Crippen LogP contribution in [-0.4, -0.2) is 84.7 Å². The minimum Gasteiger partial charge on any atom is -0.387 e.